The molecule has 2 aromatic rings. The number of hydrogen-bond acceptors (Lipinski definition) is 6. The van der Waals surface area contributed by atoms with E-state index in [1.165, 1.54) is 55.6 Å². The molecule has 0 saturated carbocycles. The Hall–Kier alpha value is -2.11. The summed E-state index contributed by atoms with van der Waals surface area (Å²) in [6.45, 7) is 0. The van der Waals surface area contributed by atoms with Gasteiger partial charge < -0.3 is 0 Å². The van der Waals surface area contributed by atoms with E-state index in [4.69, 9.17) is 0 Å². The fraction of sp³-hybridized carbons (Fsp3) is 0.200. The second kappa shape index (κ2) is 6.89. The third-order valence-electron chi connectivity index (χ3n) is 3.52. The Kier molecular flexibility index (Phi) is 5.36. The Morgan fingerprint density at radius 3 is 1.85 bits per heavy atom. The quantitative estimate of drug-likeness (QED) is 0.755. The number of nitrogens with zero attached hydrogens (tertiary/aromatic N) is 1. The summed E-state index contributed by atoms with van der Waals surface area (Å²) in [6, 6.07) is 10.7. The van der Waals surface area contributed by atoms with Gasteiger partial charge in [-0.2, -0.15) is 0 Å². The van der Waals surface area contributed by atoms with E-state index in [1.54, 1.807) is 0 Å². The molecule has 0 aromatic heterocycles. The van der Waals surface area contributed by atoms with Crippen LogP contribution >= 0.6 is 0 Å². The average molecular weight is 419 g/mol. The topological polar surface area (TPSA) is 118 Å². The van der Waals surface area contributed by atoms with Crippen molar-refractivity contribution >= 4 is 41.3 Å². The van der Waals surface area contributed by atoms with Crippen LogP contribution in [-0.4, -0.2) is 44.8 Å². The third-order valence-corrected chi connectivity index (χ3v) is 7.25. The molecule has 0 aliphatic heterocycles. The second-order valence-electron chi connectivity index (χ2n) is 5.63. The SMILES string of the molecule is CN(c1cccc(NS(=O)(=O)c2ccc(S(C)(=O)=O)cc2)c1)S(C)(=O)=O. The van der Waals surface area contributed by atoms with Gasteiger partial charge in [0.05, 0.1) is 27.4 Å². The Morgan fingerprint density at radius 2 is 1.35 bits per heavy atom. The van der Waals surface area contributed by atoms with Crippen LogP contribution in [0.4, 0.5) is 11.4 Å². The normalized spacial score (nSPS) is 12.6. The standard InChI is InChI=1S/C15H18N2O6S3/c1-17(25(3,20)21)13-6-4-5-12(11-13)16-26(22,23)15-9-7-14(8-10-15)24(2,18)19/h4-11,16H,1-3H3. The maximum absolute atomic E-state index is 12.4. The van der Waals surface area contributed by atoms with E-state index in [1.807, 2.05) is 0 Å². The summed E-state index contributed by atoms with van der Waals surface area (Å²) in [5, 5.41) is 0. The van der Waals surface area contributed by atoms with Gasteiger partial charge in [0.15, 0.2) is 9.84 Å². The molecular formula is C15H18N2O6S3. The van der Waals surface area contributed by atoms with Crippen LogP contribution in [0.2, 0.25) is 0 Å². The molecule has 0 radical (unpaired) electrons. The van der Waals surface area contributed by atoms with Crippen LogP contribution in [0.3, 0.4) is 0 Å². The van der Waals surface area contributed by atoms with Gasteiger partial charge in [-0.25, -0.2) is 25.3 Å². The molecule has 2 rings (SSSR count). The first-order chi connectivity index (χ1) is 11.8. The predicted octanol–water partition coefficient (Wildman–Crippen LogP) is 1.29. The highest BCUT2D eigenvalue weighted by Crippen LogP contribution is 2.23. The van der Waals surface area contributed by atoms with Crippen LogP contribution in [0.25, 0.3) is 0 Å². The van der Waals surface area contributed by atoms with Gasteiger partial charge in [-0.15, -0.1) is 0 Å². The molecule has 0 saturated heterocycles. The fourth-order valence-corrected chi connectivity index (χ4v) is 4.21. The number of benzene rings is 2. The highest BCUT2D eigenvalue weighted by atomic mass is 32.2. The van der Waals surface area contributed by atoms with Crippen molar-refractivity contribution in [3.63, 3.8) is 0 Å². The number of sulfone groups is 1. The van der Waals surface area contributed by atoms with Gasteiger partial charge in [-0.05, 0) is 42.5 Å². The summed E-state index contributed by atoms with van der Waals surface area (Å²) in [5.41, 5.74) is 0.463. The number of nitrogens with one attached hydrogen (secondary N) is 1. The summed E-state index contributed by atoms with van der Waals surface area (Å²) >= 11 is 0. The first-order valence-electron chi connectivity index (χ1n) is 7.17. The van der Waals surface area contributed by atoms with Crippen LogP contribution in [0, 0.1) is 0 Å². The van der Waals surface area contributed by atoms with Gasteiger partial charge in [-0.3, -0.25) is 9.03 Å². The molecule has 0 bridgehead atoms. The van der Waals surface area contributed by atoms with Gasteiger partial charge in [0.2, 0.25) is 10.0 Å². The highest BCUT2D eigenvalue weighted by Gasteiger charge is 2.17. The average Bonchev–Trinajstić information content (AvgIpc) is 2.52. The van der Waals surface area contributed by atoms with Crippen molar-refractivity contribution in [2.45, 2.75) is 9.79 Å². The van der Waals surface area contributed by atoms with Gasteiger partial charge in [0.1, 0.15) is 0 Å². The van der Waals surface area contributed by atoms with E-state index in [0.717, 1.165) is 16.8 Å². The smallest absolute Gasteiger partial charge is 0.261 e. The molecular weight excluding hydrogens is 400 g/mol. The summed E-state index contributed by atoms with van der Waals surface area (Å²) in [7, 11) is -9.53. The minimum Gasteiger partial charge on any atom is -0.280 e. The molecule has 0 heterocycles. The lowest BCUT2D eigenvalue weighted by Gasteiger charge is -2.17. The van der Waals surface area contributed by atoms with Gasteiger partial charge in [0.25, 0.3) is 10.0 Å². The zero-order valence-electron chi connectivity index (χ0n) is 14.2. The molecule has 0 aliphatic carbocycles. The van der Waals surface area contributed by atoms with E-state index in [0.29, 0.717) is 5.69 Å². The summed E-state index contributed by atoms with van der Waals surface area (Å²) in [4.78, 5) is -0.111. The van der Waals surface area contributed by atoms with Crippen molar-refractivity contribution in [1.29, 1.82) is 0 Å². The number of anilines is 2. The van der Waals surface area contributed by atoms with Crippen LogP contribution < -0.4 is 9.03 Å². The van der Waals surface area contributed by atoms with Crippen molar-refractivity contribution in [3.05, 3.63) is 48.5 Å². The van der Waals surface area contributed by atoms with Gasteiger partial charge in [-0.1, -0.05) is 6.07 Å². The molecule has 0 amide bonds. The van der Waals surface area contributed by atoms with Crippen molar-refractivity contribution in [1.82, 2.24) is 0 Å². The summed E-state index contributed by atoms with van der Waals surface area (Å²) < 4.78 is 74.4. The van der Waals surface area contributed by atoms with E-state index in [2.05, 4.69) is 4.72 Å². The van der Waals surface area contributed by atoms with E-state index < -0.39 is 29.9 Å². The third kappa shape index (κ3) is 4.74. The maximum Gasteiger partial charge on any atom is 0.261 e. The monoisotopic (exact) mass is 418 g/mol. The molecule has 0 unspecified atom stereocenters. The maximum atomic E-state index is 12.4. The first kappa shape index (κ1) is 20.2. The van der Waals surface area contributed by atoms with E-state index in [9.17, 15) is 25.3 Å². The Morgan fingerprint density at radius 1 is 0.808 bits per heavy atom. The molecule has 0 atom stereocenters. The van der Waals surface area contributed by atoms with Crippen LogP contribution in [-0.2, 0) is 29.9 Å². The minimum absolute atomic E-state index is 0.00762. The lowest BCUT2D eigenvalue weighted by molar-refractivity contribution is 0.597. The zero-order chi connectivity index (χ0) is 19.8. The lowest BCUT2D eigenvalue weighted by Crippen LogP contribution is -2.24. The van der Waals surface area contributed by atoms with Crippen LogP contribution in [0.5, 0.6) is 0 Å². The van der Waals surface area contributed by atoms with Crippen LogP contribution in [0.1, 0.15) is 0 Å². The number of rotatable bonds is 6. The van der Waals surface area contributed by atoms with Gasteiger partial charge in [0, 0.05) is 13.3 Å². The molecule has 0 spiro atoms. The summed E-state index contributed by atoms with van der Waals surface area (Å²) in [5.74, 6) is 0. The Bertz CT molecular complexity index is 1120. The van der Waals surface area contributed by atoms with E-state index >= 15 is 0 Å². The molecule has 26 heavy (non-hydrogen) atoms. The first-order valence-corrected chi connectivity index (χ1v) is 12.4. The van der Waals surface area contributed by atoms with E-state index in [-0.39, 0.29) is 15.5 Å². The Balaban J connectivity index is 2.33. The zero-order valence-corrected chi connectivity index (χ0v) is 16.7. The number of hydrogen-bond donors (Lipinski definition) is 1. The van der Waals surface area contributed by atoms with Crippen molar-refractivity contribution in [2.24, 2.45) is 0 Å². The molecule has 142 valence electrons. The van der Waals surface area contributed by atoms with Gasteiger partial charge >= 0.3 is 0 Å². The lowest BCUT2D eigenvalue weighted by atomic mass is 10.3. The van der Waals surface area contributed by atoms with Crippen molar-refractivity contribution in [3.8, 4) is 0 Å². The minimum atomic E-state index is -3.97. The largest absolute Gasteiger partial charge is 0.280 e. The fourth-order valence-electron chi connectivity index (χ4n) is 2.04. The molecule has 8 nitrogen and oxygen atoms in total. The number of sulfonamides is 2. The molecule has 0 aliphatic rings. The molecule has 11 heteroatoms. The second-order valence-corrected chi connectivity index (χ2v) is 11.3. The molecule has 1 N–H and O–H groups in total. The summed E-state index contributed by atoms with van der Waals surface area (Å²) in [6.07, 6.45) is 2.06. The van der Waals surface area contributed by atoms with Crippen LogP contribution in [0.15, 0.2) is 58.3 Å². The van der Waals surface area contributed by atoms with Crippen molar-refractivity contribution in [2.75, 3.05) is 28.6 Å². The molecule has 0 fully saturated rings. The molecule has 2 aromatic carbocycles. The Labute approximate surface area is 153 Å². The highest BCUT2D eigenvalue weighted by molar-refractivity contribution is 7.93. The predicted molar refractivity (Wildman–Crippen MR) is 100 cm³/mol. The van der Waals surface area contributed by atoms with Crippen molar-refractivity contribution < 1.29 is 25.3 Å².